The van der Waals surface area contributed by atoms with Crippen LogP contribution >= 0.6 is 0 Å². The molecule has 190 valence electrons. The van der Waals surface area contributed by atoms with Crippen LogP contribution in [0, 0.1) is 13.8 Å². The molecule has 0 radical (unpaired) electrons. The molecule has 0 atom stereocenters. The summed E-state index contributed by atoms with van der Waals surface area (Å²) in [6.45, 7) is 6.33. The van der Waals surface area contributed by atoms with Crippen molar-refractivity contribution >= 4 is 11.8 Å². The summed E-state index contributed by atoms with van der Waals surface area (Å²) < 4.78 is 7.57. The minimum Gasteiger partial charge on any atom is -0.466 e. The fourth-order valence-corrected chi connectivity index (χ4v) is 5.33. The van der Waals surface area contributed by atoms with Crippen LogP contribution in [0.2, 0.25) is 0 Å². The topological polar surface area (TPSA) is 91.8 Å². The lowest BCUT2D eigenvalue weighted by Gasteiger charge is -2.30. The number of piperidine rings is 1. The molecule has 1 fully saturated rings. The number of aliphatic hydroxyl groups excluding tert-OH is 1. The van der Waals surface area contributed by atoms with Gasteiger partial charge in [0.25, 0.3) is 11.8 Å². The van der Waals surface area contributed by atoms with Gasteiger partial charge in [0.2, 0.25) is 0 Å². The van der Waals surface area contributed by atoms with Gasteiger partial charge in [0, 0.05) is 43.9 Å². The highest BCUT2D eigenvalue weighted by molar-refractivity contribution is 5.97. The number of carbonyl (C=O) groups excluding carboxylic acids is 2. The van der Waals surface area contributed by atoms with Crippen molar-refractivity contribution in [3.8, 4) is 0 Å². The van der Waals surface area contributed by atoms with Gasteiger partial charge < -0.3 is 19.3 Å². The van der Waals surface area contributed by atoms with Crippen molar-refractivity contribution in [3.05, 3.63) is 76.0 Å². The van der Waals surface area contributed by atoms with Gasteiger partial charge in [0.05, 0.1) is 18.2 Å². The second-order valence-electron chi connectivity index (χ2n) is 9.91. The van der Waals surface area contributed by atoms with Crippen LogP contribution in [-0.4, -0.2) is 62.2 Å². The maximum atomic E-state index is 13.5. The van der Waals surface area contributed by atoms with Gasteiger partial charge >= 0.3 is 0 Å². The average Bonchev–Trinajstić information content (AvgIpc) is 3.42. The number of hydrogen-bond acceptors (Lipinski definition) is 5. The summed E-state index contributed by atoms with van der Waals surface area (Å²) in [5.74, 6) is 1.14. The van der Waals surface area contributed by atoms with Crippen molar-refractivity contribution in [2.24, 2.45) is 0 Å². The van der Waals surface area contributed by atoms with Gasteiger partial charge in [-0.25, -0.2) is 0 Å². The third-order valence-electron chi connectivity index (χ3n) is 7.33. The molecule has 2 amide bonds. The van der Waals surface area contributed by atoms with E-state index >= 15 is 0 Å². The molecule has 3 aromatic rings. The Kier molecular flexibility index (Phi) is 6.96. The number of carbonyl (C=O) groups is 2. The number of furan rings is 1. The van der Waals surface area contributed by atoms with E-state index in [9.17, 15) is 14.7 Å². The quantitative estimate of drug-likeness (QED) is 0.571. The molecular weight excluding hydrogens is 456 g/mol. The van der Waals surface area contributed by atoms with Crippen molar-refractivity contribution in [2.75, 3.05) is 19.6 Å². The Bertz CT molecular complexity index is 1240. The molecule has 8 heteroatoms. The zero-order chi connectivity index (χ0) is 25.2. The summed E-state index contributed by atoms with van der Waals surface area (Å²) in [4.78, 5) is 30.4. The Morgan fingerprint density at radius 3 is 2.50 bits per heavy atom. The third-order valence-corrected chi connectivity index (χ3v) is 7.33. The number of hydrogen-bond donors (Lipinski definition) is 1. The number of aliphatic hydroxyl groups is 1. The van der Waals surface area contributed by atoms with Crippen molar-refractivity contribution < 1.29 is 19.1 Å². The monoisotopic (exact) mass is 490 g/mol. The molecule has 0 bridgehead atoms. The van der Waals surface area contributed by atoms with Crippen LogP contribution in [0.15, 0.2) is 40.8 Å². The molecule has 1 saturated heterocycles. The average molecular weight is 491 g/mol. The minimum atomic E-state index is -0.353. The van der Waals surface area contributed by atoms with Crippen LogP contribution in [0.1, 0.15) is 68.5 Å². The molecule has 8 nitrogen and oxygen atoms in total. The Morgan fingerprint density at radius 2 is 1.81 bits per heavy atom. The number of benzene rings is 1. The number of fused-ring (bicyclic) bond motifs is 1. The van der Waals surface area contributed by atoms with E-state index in [4.69, 9.17) is 9.52 Å². The molecule has 0 aliphatic carbocycles. The van der Waals surface area contributed by atoms with Gasteiger partial charge in [-0.15, -0.1) is 0 Å². The van der Waals surface area contributed by atoms with E-state index in [0.717, 1.165) is 30.6 Å². The highest BCUT2D eigenvalue weighted by Gasteiger charge is 2.33. The summed E-state index contributed by atoms with van der Waals surface area (Å²) in [5, 5.41) is 14.7. The molecular formula is C28H34N4O4. The Hall–Kier alpha value is -3.39. The maximum Gasteiger partial charge on any atom is 0.274 e. The molecule has 2 aromatic heterocycles. The lowest BCUT2D eigenvalue weighted by atomic mass is 10.0. The number of likely N-dealkylation sites (tertiary alicyclic amines) is 1. The molecule has 5 rings (SSSR count). The first kappa shape index (κ1) is 24.3. The third kappa shape index (κ3) is 4.95. The van der Waals surface area contributed by atoms with Crippen LogP contribution < -0.4 is 0 Å². The molecule has 0 spiro atoms. The van der Waals surface area contributed by atoms with E-state index in [2.05, 4.69) is 12.1 Å². The fourth-order valence-electron chi connectivity index (χ4n) is 5.33. The van der Waals surface area contributed by atoms with E-state index < -0.39 is 0 Å². The minimum absolute atomic E-state index is 0.0775. The van der Waals surface area contributed by atoms with Gasteiger partial charge in [-0.2, -0.15) is 5.10 Å². The van der Waals surface area contributed by atoms with Gasteiger partial charge in [-0.1, -0.05) is 30.3 Å². The van der Waals surface area contributed by atoms with Crippen LogP contribution in [0.3, 0.4) is 0 Å². The van der Waals surface area contributed by atoms with E-state index in [0.29, 0.717) is 68.2 Å². The number of aromatic nitrogens is 2. The first-order valence-corrected chi connectivity index (χ1v) is 12.9. The second-order valence-corrected chi connectivity index (χ2v) is 9.91. The van der Waals surface area contributed by atoms with Crippen molar-refractivity contribution in [1.82, 2.24) is 19.6 Å². The van der Waals surface area contributed by atoms with Gasteiger partial charge in [-0.3, -0.25) is 14.3 Å². The molecule has 2 aliphatic heterocycles. The molecule has 0 unspecified atom stereocenters. The first-order valence-electron chi connectivity index (χ1n) is 12.9. The zero-order valence-electron chi connectivity index (χ0n) is 21.1. The number of amides is 2. The Balaban J connectivity index is 1.39. The van der Waals surface area contributed by atoms with Crippen LogP contribution in [0.25, 0.3) is 0 Å². The lowest BCUT2D eigenvalue weighted by Crippen LogP contribution is -2.41. The van der Waals surface area contributed by atoms with Crippen LogP contribution in [0.4, 0.5) is 0 Å². The van der Waals surface area contributed by atoms with E-state index in [1.54, 1.807) is 22.8 Å². The number of aryl methyl sites for hydroxylation is 4. The SMILES string of the molecule is Cc1cc(C(=O)N2CCc3c(c(C(=O)N4CCC(O)CC4)nn3CCCc3ccccc3)C2)c(C)o1. The van der Waals surface area contributed by atoms with E-state index in [1.165, 1.54) is 5.56 Å². The van der Waals surface area contributed by atoms with Gasteiger partial charge in [0.15, 0.2) is 5.69 Å². The van der Waals surface area contributed by atoms with Gasteiger partial charge in [-0.05, 0) is 51.2 Å². The van der Waals surface area contributed by atoms with Crippen LogP contribution in [0.5, 0.6) is 0 Å². The molecule has 2 aliphatic rings. The lowest BCUT2D eigenvalue weighted by molar-refractivity contribution is 0.0536. The molecule has 1 N–H and O–H groups in total. The zero-order valence-corrected chi connectivity index (χ0v) is 21.1. The van der Waals surface area contributed by atoms with E-state index in [1.807, 2.05) is 29.8 Å². The van der Waals surface area contributed by atoms with E-state index in [-0.39, 0.29) is 17.9 Å². The summed E-state index contributed by atoms with van der Waals surface area (Å²) >= 11 is 0. The summed E-state index contributed by atoms with van der Waals surface area (Å²) in [6, 6.07) is 12.1. The highest BCUT2D eigenvalue weighted by atomic mass is 16.3. The maximum absolute atomic E-state index is 13.5. The van der Waals surface area contributed by atoms with Crippen molar-refractivity contribution in [2.45, 2.75) is 65.1 Å². The van der Waals surface area contributed by atoms with Crippen LogP contribution in [-0.2, 0) is 25.9 Å². The molecule has 1 aromatic carbocycles. The standard InChI is InChI=1S/C28H34N4O4/c1-19-17-23(20(2)36-19)27(34)31-16-12-25-24(18-31)26(28(35)30-14-10-22(33)11-15-30)29-32(25)13-6-9-21-7-4-3-5-8-21/h3-5,7-8,17,22,33H,6,9-16,18H2,1-2H3. The first-order chi connectivity index (χ1) is 17.4. The molecule has 0 saturated carbocycles. The smallest absolute Gasteiger partial charge is 0.274 e. The number of rotatable bonds is 6. The van der Waals surface area contributed by atoms with Crippen molar-refractivity contribution in [1.29, 1.82) is 0 Å². The fraction of sp³-hybridized carbons (Fsp3) is 0.464. The normalized spacial score (nSPS) is 16.3. The summed E-state index contributed by atoms with van der Waals surface area (Å²) in [6.07, 6.45) is 3.31. The molecule has 36 heavy (non-hydrogen) atoms. The molecule has 4 heterocycles. The summed E-state index contributed by atoms with van der Waals surface area (Å²) in [7, 11) is 0. The predicted molar refractivity (Wildman–Crippen MR) is 135 cm³/mol. The highest BCUT2D eigenvalue weighted by Crippen LogP contribution is 2.27. The Morgan fingerprint density at radius 1 is 1.06 bits per heavy atom. The summed E-state index contributed by atoms with van der Waals surface area (Å²) in [5.41, 5.74) is 4.20. The second kappa shape index (κ2) is 10.3. The number of nitrogens with zero attached hydrogens (tertiary/aromatic N) is 4. The van der Waals surface area contributed by atoms with Gasteiger partial charge in [0.1, 0.15) is 11.5 Å². The Labute approximate surface area is 211 Å². The van der Waals surface area contributed by atoms with Crippen molar-refractivity contribution in [3.63, 3.8) is 0 Å². The predicted octanol–water partition coefficient (Wildman–Crippen LogP) is 3.52. The largest absolute Gasteiger partial charge is 0.466 e.